The Labute approximate surface area is 168 Å². The molecule has 4 N–H and O–H groups in total. The summed E-state index contributed by atoms with van der Waals surface area (Å²) in [5.41, 5.74) is 16.7. The fraction of sp³-hybridized carbons (Fsp3) is 0.250. The first-order valence-electron chi connectivity index (χ1n) is 10.1. The minimum absolute atomic E-state index is 0.596. The van der Waals surface area contributed by atoms with Crippen LogP contribution in [-0.4, -0.2) is 7.85 Å². The van der Waals surface area contributed by atoms with Gasteiger partial charge in [-0.3, -0.25) is 0 Å². The molecule has 1 aliphatic rings. The molecule has 3 aromatic carbocycles. The zero-order chi connectivity index (χ0) is 19.5. The van der Waals surface area contributed by atoms with E-state index in [4.69, 9.17) is 16.2 Å². The molecule has 0 atom stereocenters. The summed E-state index contributed by atoms with van der Waals surface area (Å²) >= 11 is 0. The van der Waals surface area contributed by atoms with Crippen molar-refractivity contribution in [2.45, 2.75) is 37.4 Å². The number of rotatable bonds is 4. The first-order valence-corrected chi connectivity index (χ1v) is 10.1. The lowest BCUT2D eigenvalue weighted by Crippen LogP contribution is -2.09. The van der Waals surface area contributed by atoms with Crippen molar-refractivity contribution in [1.82, 2.24) is 0 Å². The molecule has 0 amide bonds. The van der Waals surface area contributed by atoms with Gasteiger partial charge in [0.25, 0.3) is 0 Å². The first-order chi connectivity index (χ1) is 13.6. The minimum Gasteiger partial charge on any atom is -0.457 e. The molecule has 28 heavy (non-hydrogen) atoms. The molecule has 0 heterocycles. The maximum Gasteiger partial charge on any atom is 0.131 e. The van der Waals surface area contributed by atoms with Crippen molar-refractivity contribution in [1.29, 1.82) is 0 Å². The number of ether oxygens (including phenoxy) is 1. The van der Waals surface area contributed by atoms with Gasteiger partial charge in [-0.2, -0.15) is 0 Å². The van der Waals surface area contributed by atoms with E-state index in [0.29, 0.717) is 17.1 Å². The zero-order valence-electron chi connectivity index (χ0n) is 16.4. The van der Waals surface area contributed by atoms with E-state index >= 15 is 0 Å². The van der Waals surface area contributed by atoms with Crippen LogP contribution in [0.25, 0.3) is 11.1 Å². The van der Waals surface area contributed by atoms with E-state index in [1.807, 2.05) is 12.1 Å². The smallest absolute Gasteiger partial charge is 0.131 e. The summed E-state index contributed by atoms with van der Waals surface area (Å²) in [5, 5.41) is 0. The van der Waals surface area contributed by atoms with Crippen molar-refractivity contribution in [3.8, 4) is 22.6 Å². The number of hydrogen-bond acceptors (Lipinski definition) is 3. The molecular formula is C24H27BN2O. The van der Waals surface area contributed by atoms with Gasteiger partial charge in [0, 0.05) is 23.5 Å². The van der Waals surface area contributed by atoms with Crippen LogP contribution in [0.4, 0.5) is 11.4 Å². The summed E-state index contributed by atoms with van der Waals surface area (Å²) in [6.07, 6.45) is 5.35. The van der Waals surface area contributed by atoms with Crippen LogP contribution in [0.2, 0.25) is 5.82 Å². The number of hydrogen-bond donors (Lipinski definition) is 2. The third kappa shape index (κ3) is 4.33. The third-order valence-corrected chi connectivity index (χ3v) is 5.77. The van der Waals surface area contributed by atoms with E-state index < -0.39 is 0 Å². The molecule has 0 radical (unpaired) electrons. The molecule has 0 spiro atoms. The van der Waals surface area contributed by atoms with E-state index in [-0.39, 0.29) is 0 Å². The highest BCUT2D eigenvalue weighted by molar-refractivity contribution is 6.11. The lowest BCUT2D eigenvalue weighted by atomic mass is 9.70. The van der Waals surface area contributed by atoms with E-state index in [0.717, 1.165) is 17.5 Å². The van der Waals surface area contributed by atoms with Gasteiger partial charge in [-0.15, -0.1) is 0 Å². The number of nitrogens with two attached hydrogens (primary N) is 2. The molecule has 0 saturated heterocycles. The second-order valence-corrected chi connectivity index (χ2v) is 8.04. The maximum absolute atomic E-state index is 5.88. The van der Waals surface area contributed by atoms with Crippen molar-refractivity contribution in [2.24, 2.45) is 0 Å². The second kappa shape index (κ2) is 8.01. The number of anilines is 2. The lowest BCUT2D eigenvalue weighted by Gasteiger charge is -2.26. The standard InChI is InChI=1S/C24H27BN2O/c25-20-9-5-18(6-10-20)16-1-3-17(4-2-16)19-7-11-23(12-8-19)28-24-14-21(26)13-22(27)15-24/h1-4,7-8,11-15,18,20H,5-6,9-10,25-27H2. The Kier molecular flexibility index (Phi) is 5.29. The molecule has 0 bridgehead atoms. The van der Waals surface area contributed by atoms with Gasteiger partial charge in [0.1, 0.15) is 19.3 Å². The van der Waals surface area contributed by atoms with E-state index in [2.05, 4.69) is 44.2 Å². The Morgan fingerprint density at radius 2 is 1.21 bits per heavy atom. The predicted octanol–water partition coefficient (Wildman–Crippen LogP) is 5.39. The molecule has 1 aliphatic carbocycles. The summed E-state index contributed by atoms with van der Waals surface area (Å²) in [6.45, 7) is 0. The number of nitrogen functional groups attached to an aromatic ring is 2. The molecule has 0 unspecified atom stereocenters. The Hall–Kier alpha value is -2.88. The summed E-state index contributed by atoms with van der Waals surface area (Å²) < 4.78 is 5.88. The molecule has 3 nitrogen and oxygen atoms in total. The Morgan fingerprint density at radius 3 is 1.79 bits per heavy atom. The highest BCUT2D eigenvalue weighted by atomic mass is 16.5. The quantitative estimate of drug-likeness (QED) is 0.478. The summed E-state index contributed by atoms with van der Waals surface area (Å²) in [7, 11) is 2.37. The van der Waals surface area contributed by atoms with Gasteiger partial charge < -0.3 is 16.2 Å². The fourth-order valence-electron chi connectivity index (χ4n) is 4.10. The van der Waals surface area contributed by atoms with Crippen molar-refractivity contribution < 1.29 is 4.74 Å². The second-order valence-electron chi connectivity index (χ2n) is 8.04. The predicted molar refractivity (Wildman–Crippen MR) is 121 cm³/mol. The molecule has 3 aromatic rings. The van der Waals surface area contributed by atoms with Gasteiger partial charge in [-0.1, -0.05) is 55.1 Å². The van der Waals surface area contributed by atoms with Gasteiger partial charge in [0.2, 0.25) is 0 Å². The van der Waals surface area contributed by atoms with Crippen LogP contribution < -0.4 is 16.2 Å². The first kappa shape index (κ1) is 18.5. The highest BCUT2D eigenvalue weighted by Gasteiger charge is 2.19. The molecule has 0 aliphatic heterocycles. The molecule has 4 heteroatoms. The normalized spacial score (nSPS) is 19.3. The van der Waals surface area contributed by atoms with Gasteiger partial charge in [0.15, 0.2) is 0 Å². The summed E-state index contributed by atoms with van der Waals surface area (Å²) in [4.78, 5) is 0. The molecule has 4 rings (SSSR count). The van der Waals surface area contributed by atoms with Gasteiger partial charge in [0.05, 0.1) is 0 Å². The van der Waals surface area contributed by atoms with Gasteiger partial charge in [-0.25, -0.2) is 0 Å². The van der Waals surface area contributed by atoms with Crippen molar-refractivity contribution in [3.05, 3.63) is 72.3 Å². The average molecular weight is 370 g/mol. The third-order valence-electron chi connectivity index (χ3n) is 5.77. The van der Waals surface area contributed by atoms with E-state index in [9.17, 15) is 0 Å². The van der Waals surface area contributed by atoms with Crippen LogP contribution in [0.5, 0.6) is 11.5 Å². The summed E-state index contributed by atoms with van der Waals surface area (Å²) in [6, 6.07) is 22.5. The number of benzene rings is 3. The Balaban J connectivity index is 1.45. The van der Waals surface area contributed by atoms with Gasteiger partial charge in [-0.05, 0) is 53.6 Å². The van der Waals surface area contributed by atoms with Crippen molar-refractivity contribution in [2.75, 3.05) is 11.5 Å². The van der Waals surface area contributed by atoms with Crippen LogP contribution >= 0.6 is 0 Å². The zero-order valence-corrected chi connectivity index (χ0v) is 16.4. The maximum atomic E-state index is 5.88. The van der Waals surface area contributed by atoms with Crippen LogP contribution in [-0.2, 0) is 0 Å². The molecule has 142 valence electrons. The summed E-state index contributed by atoms with van der Waals surface area (Å²) in [5.74, 6) is 3.03. The lowest BCUT2D eigenvalue weighted by molar-refractivity contribution is 0.444. The topological polar surface area (TPSA) is 61.3 Å². The largest absolute Gasteiger partial charge is 0.457 e. The van der Waals surface area contributed by atoms with Crippen molar-refractivity contribution >= 4 is 19.2 Å². The molecule has 0 aromatic heterocycles. The average Bonchev–Trinajstić information content (AvgIpc) is 2.69. The van der Waals surface area contributed by atoms with E-state index in [1.54, 1.807) is 18.2 Å². The molecule has 1 fully saturated rings. The molecular weight excluding hydrogens is 343 g/mol. The molecule has 1 saturated carbocycles. The monoisotopic (exact) mass is 370 g/mol. The van der Waals surface area contributed by atoms with Crippen molar-refractivity contribution in [3.63, 3.8) is 0 Å². The fourth-order valence-corrected chi connectivity index (χ4v) is 4.10. The minimum atomic E-state index is 0.596. The van der Waals surface area contributed by atoms with Crippen LogP contribution in [0.3, 0.4) is 0 Å². The SMILES string of the molecule is BC1CCC(c2ccc(-c3ccc(Oc4cc(N)cc(N)c4)cc3)cc2)CC1. The van der Waals surface area contributed by atoms with Crippen LogP contribution in [0, 0.1) is 0 Å². The Morgan fingerprint density at radius 1 is 0.679 bits per heavy atom. The van der Waals surface area contributed by atoms with Gasteiger partial charge >= 0.3 is 0 Å². The van der Waals surface area contributed by atoms with Crippen LogP contribution in [0.1, 0.15) is 37.2 Å². The van der Waals surface area contributed by atoms with E-state index in [1.165, 1.54) is 42.4 Å². The van der Waals surface area contributed by atoms with Crippen LogP contribution in [0.15, 0.2) is 66.7 Å². The Bertz CT molecular complexity index is 910. The highest BCUT2D eigenvalue weighted by Crippen LogP contribution is 2.37.